The Morgan fingerprint density at radius 2 is 1.68 bits per heavy atom. The van der Waals surface area contributed by atoms with E-state index in [0.29, 0.717) is 5.92 Å². The molecule has 0 amide bonds. The third-order valence-electron chi connectivity index (χ3n) is 3.89. The lowest BCUT2D eigenvalue weighted by molar-refractivity contribution is 0.414. The zero-order valence-electron chi connectivity index (χ0n) is 14.2. The van der Waals surface area contributed by atoms with Crippen LogP contribution in [0.5, 0.6) is 5.75 Å². The Hall–Kier alpha value is -1.74. The molecular formula is C19H28N2O. The summed E-state index contributed by atoms with van der Waals surface area (Å²) < 4.78 is 7.62. The molecule has 0 radical (unpaired) electrons. The smallest absolute Gasteiger partial charge is 0.118 e. The summed E-state index contributed by atoms with van der Waals surface area (Å²) in [5.74, 6) is 1.60. The monoisotopic (exact) mass is 300 g/mol. The van der Waals surface area contributed by atoms with Crippen LogP contribution in [0.15, 0.2) is 36.4 Å². The third kappa shape index (κ3) is 4.38. The number of hydrogen-bond donors (Lipinski definition) is 1. The van der Waals surface area contributed by atoms with Gasteiger partial charge in [0.05, 0.1) is 7.11 Å². The molecule has 3 heteroatoms. The van der Waals surface area contributed by atoms with E-state index in [1.54, 1.807) is 7.11 Å². The van der Waals surface area contributed by atoms with Crippen LogP contribution >= 0.6 is 0 Å². The van der Waals surface area contributed by atoms with Crippen LogP contribution < -0.4 is 10.1 Å². The second-order valence-corrected chi connectivity index (χ2v) is 6.11. The van der Waals surface area contributed by atoms with E-state index < -0.39 is 0 Å². The normalized spacial score (nSPS) is 11.1. The molecule has 2 aromatic rings. The molecule has 0 aliphatic rings. The van der Waals surface area contributed by atoms with Crippen LogP contribution in [0.2, 0.25) is 0 Å². The van der Waals surface area contributed by atoms with Crippen molar-refractivity contribution >= 4 is 0 Å². The molecule has 0 saturated heterocycles. The number of ether oxygens (including phenoxy) is 1. The fraction of sp³-hybridized carbons (Fsp3) is 0.474. The van der Waals surface area contributed by atoms with Crippen LogP contribution in [0.1, 0.15) is 37.7 Å². The van der Waals surface area contributed by atoms with Gasteiger partial charge in [-0.15, -0.1) is 0 Å². The second kappa shape index (κ2) is 8.04. The lowest BCUT2D eigenvalue weighted by Crippen LogP contribution is -2.16. The maximum absolute atomic E-state index is 5.18. The summed E-state index contributed by atoms with van der Waals surface area (Å²) in [7, 11) is 1.70. The maximum atomic E-state index is 5.18. The summed E-state index contributed by atoms with van der Waals surface area (Å²) in [5.41, 5.74) is 4.09. The van der Waals surface area contributed by atoms with Crippen molar-refractivity contribution in [3.63, 3.8) is 0 Å². The van der Waals surface area contributed by atoms with Crippen LogP contribution in [-0.4, -0.2) is 11.7 Å². The molecule has 1 heterocycles. The highest BCUT2D eigenvalue weighted by atomic mass is 16.5. The zero-order valence-corrected chi connectivity index (χ0v) is 14.2. The molecule has 0 fully saturated rings. The second-order valence-electron chi connectivity index (χ2n) is 6.11. The van der Waals surface area contributed by atoms with Crippen LogP contribution in [0, 0.1) is 5.92 Å². The Morgan fingerprint density at radius 1 is 1.00 bits per heavy atom. The van der Waals surface area contributed by atoms with Crippen molar-refractivity contribution in [1.29, 1.82) is 0 Å². The van der Waals surface area contributed by atoms with E-state index in [-0.39, 0.29) is 0 Å². The highest BCUT2D eigenvalue weighted by Gasteiger charge is 2.08. The van der Waals surface area contributed by atoms with Crippen LogP contribution in [0.3, 0.4) is 0 Å². The summed E-state index contributed by atoms with van der Waals surface area (Å²) in [6.07, 6.45) is 1.15. The third-order valence-corrected chi connectivity index (χ3v) is 3.89. The van der Waals surface area contributed by atoms with E-state index in [1.807, 2.05) is 12.1 Å². The lowest BCUT2D eigenvalue weighted by Gasteiger charge is -2.13. The summed E-state index contributed by atoms with van der Waals surface area (Å²) in [6, 6.07) is 12.7. The molecule has 1 aromatic heterocycles. The summed E-state index contributed by atoms with van der Waals surface area (Å²) in [5, 5.41) is 3.54. The maximum Gasteiger partial charge on any atom is 0.118 e. The van der Waals surface area contributed by atoms with Gasteiger partial charge in [-0.05, 0) is 49.1 Å². The molecule has 0 aliphatic carbocycles. The molecule has 0 atom stereocenters. The van der Waals surface area contributed by atoms with Crippen molar-refractivity contribution < 1.29 is 4.74 Å². The molecule has 0 spiro atoms. The lowest BCUT2D eigenvalue weighted by atomic mass is 10.1. The SMILES string of the molecule is CCn1c(CNCc2ccc(OC)cc2)ccc1CC(C)C. The minimum atomic E-state index is 0.695. The Morgan fingerprint density at radius 3 is 2.27 bits per heavy atom. The predicted octanol–water partition coefficient (Wildman–Crippen LogP) is 4.00. The fourth-order valence-corrected chi connectivity index (χ4v) is 2.79. The van der Waals surface area contributed by atoms with Crippen molar-refractivity contribution in [2.24, 2.45) is 5.92 Å². The van der Waals surface area contributed by atoms with Crippen molar-refractivity contribution in [2.75, 3.05) is 7.11 Å². The van der Waals surface area contributed by atoms with Gasteiger partial charge >= 0.3 is 0 Å². The molecule has 1 N–H and O–H groups in total. The van der Waals surface area contributed by atoms with Crippen molar-refractivity contribution in [1.82, 2.24) is 9.88 Å². The summed E-state index contributed by atoms with van der Waals surface area (Å²) >= 11 is 0. The quantitative estimate of drug-likeness (QED) is 0.797. The van der Waals surface area contributed by atoms with E-state index in [0.717, 1.165) is 31.8 Å². The number of nitrogens with zero attached hydrogens (tertiary/aromatic N) is 1. The minimum Gasteiger partial charge on any atom is -0.497 e. The number of aromatic nitrogens is 1. The Labute approximate surface area is 134 Å². The Kier molecular flexibility index (Phi) is 6.08. The number of benzene rings is 1. The molecule has 120 valence electrons. The van der Waals surface area contributed by atoms with E-state index in [9.17, 15) is 0 Å². The molecule has 1 aromatic carbocycles. The zero-order chi connectivity index (χ0) is 15.9. The van der Waals surface area contributed by atoms with Gasteiger partial charge in [0.2, 0.25) is 0 Å². The highest BCUT2D eigenvalue weighted by Crippen LogP contribution is 2.15. The van der Waals surface area contributed by atoms with Gasteiger partial charge in [-0.25, -0.2) is 0 Å². The van der Waals surface area contributed by atoms with E-state index >= 15 is 0 Å². The number of methoxy groups -OCH3 is 1. The van der Waals surface area contributed by atoms with Gasteiger partial charge in [0.15, 0.2) is 0 Å². The number of nitrogens with one attached hydrogen (secondary N) is 1. The van der Waals surface area contributed by atoms with Gasteiger partial charge in [0, 0.05) is 31.0 Å². The summed E-state index contributed by atoms with van der Waals surface area (Å²) in [4.78, 5) is 0. The van der Waals surface area contributed by atoms with E-state index in [4.69, 9.17) is 4.74 Å². The molecule has 2 rings (SSSR count). The molecule has 0 bridgehead atoms. The number of rotatable bonds is 8. The minimum absolute atomic E-state index is 0.695. The predicted molar refractivity (Wildman–Crippen MR) is 92.2 cm³/mol. The first-order chi connectivity index (χ1) is 10.6. The fourth-order valence-electron chi connectivity index (χ4n) is 2.79. The number of hydrogen-bond acceptors (Lipinski definition) is 2. The van der Waals surface area contributed by atoms with Crippen LogP contribution in [-0.2, 0) is 26.1 Å². The average Bonchev–Trinajstić information content (AvgIpc) is 2.89. The van der Waals surface area contributed by atoms with Crippen LogP contribution in [0.25, 0.3) is 0 Å². The standard InChI is InChI=1S/C19H28N2O/c1-5-21-17(12-15(2)3)8-9-18(21)14-20-13-16-6-10-19(22-4)11-7-16/h6-11,15,20H,5,12-14H2,1-4H3. The molecule has 3 nitrogen and oxygen atoms in total. The van der Waals surface area contributed by atoms with Crippen LogP contribution in [0.4, 0.5) is 0 Å². The molecular weight excluding hydrogens is 272 g/mol. The molecule has 0 aliphatic heterocycles. The Balaban J connectivity index is 1.92. The first-order valence-corrected chi connectivity index (χ1v) is 8.15. The van der Waals surface area contributed by atoms with Crippen molar-refractivity contribution in [2.45, 2.75) is 46.8 Å². The Bertz CT molecular complexity index is 570. The van der Waals surface area contributed by atoms with Crippen molar-refractivity contribution in [3.8, 4) is 5.75 Å². The summed E-state index contributed by atoms with van der Waals surface area (Å²) in [6.45, 7) is 9.57. The van der Waals surface area contributed by atoms with Gasteiger partial charge in [0.1, 0.15) is 5.75 Å². The van der Waals surface area contributed by atoms with Gasteiger partial charge in [-0.1, -0.05) is 26.0 Å². The first kappa shape index (κ1) is 16.6. The molecule has 0 saturated carbocycles. The van der Waals surface area contributed by atoms with Gasteiger partial charge in [0.25, 0.3) is 0 Å². The van der Waals surface area contributed by atoms with Gasteiger partial charge in [-0.3, -0.25) is 0 Å². The molecule has 22 heavy (non-hydrogen) atoms. The largest absolute Gasteiger partial charge is 0.497 e. The van der Waals surface area contributed by atoms with Gasteiger partial charge in [-0.2, -0.15) is 0 Å². The first-order valence-electron chi connectivity index (χ1n) is 8.15. The van der Waals surface area contributed by atoms with Gasteiger partial charge < -0.3 is 14.6 Å². The molecule has 0 unspecified atom stereocenters. The van der Waals surface area contributed by atoms with E-state index in [1.165, 1.54) is 17.0 Å². The topological polar surface area (TPSA) is 26.2 Å². The van der Waals surface area contributed by atoms with E-state index in [2.05, 4.69) is 54.9 Å². The van der Waals surface area contributed by atoms with Crippen molar-refractivity contribution in [3.05, 3.63) is 53.3 Å². The average molecular weight is 300 g/mol. The highest BCUT2D eigenvalue weighted by molar-refractivity contribution is 5.27.